The number of nitrogens with two attached hydrogens (primary N) is 1. The van der Waals surface area contributed by atoms with E-state index in [0.29, 0.717) is 11.4 Å². The number of halogens is 3. The maximum absolute atomic E-state index is 10.6. The minimum atomic E-state index is -5.08. The van der Waals surface area contributed by atoms with E-state index in [-0.39, 0.29) is 0 Å². The summed E-state index contributed by atoms with van der Waals surface area (Å²) in [6.45, 7) is 0. The zero-order valence-electron chi connectivity index (χ0n) is 15.4. The minimum absolute atomic E-state index is 0.366. The van der Waals surface area contributed by atoms with Crippen LogP contribution in [-0.2, 0) is 4.79 Å². The van der Waals surface area contributed by atoms with Gasteiger partial charge in [0.05, 0.1) is 17.9 Å². The van der Waals surface area contributed by atoms with E-state index in [1.165, 1.54) is 0 Å². The number of furan rings is 1. The predicted octanol–water partition coefficient (Wildman–Crippen LogP) is 3.98. The Balaban J connectivity index is 0.000000289. The van der Waals surface area contributed by atoms with Crippen molar-refractivity contribution in [2.24, 2.45) is 0 Å². The molecule has 0 unspecified atom stereocenters. The number of nitrogens with zero attached hydrogens (tertiary/aromatic N) is 3. The first-order valence-electron chi connectivity index (χ1n) is 8.64. The van der Waals surface area contributed by atoms with Gasteiger partial charge in [-0.15, -0.1) is 0 Å². The molecule has 5 N–H and O–H groups in total. The van der Waals surface area contributed by atoms with Crippen molar-refractivity contribution in [1.29, 1.82) is 0 Å². The van der Waals surface area contributed by atoms with Crippen molar-refractivity contribution in [3.8, 4) is 22.5 Å². The maximum atomic E-state index is 10.6. The Morgan fingerprint density at radius 3 is 2.58 bits per heavy atom. The molecule has 0 aliphatic rings. The molecular weight excluding hydrogens is 417 g/mol. The number of carboxylic acid groups (broad SMARTS) is 1. The SMILES string of the molecule is Nc1ncc(-c2cn[nH]c2)c2cc(-c3c[nH]c4cnccc34)oc12.O=C(O)C(F)(F)F. The molecule has 5 aromatic rings. The molecule has 0 amide bonds. The standard InChI is InChI=1S/C17H12N6O.C2HF3O2/c18-17-16-11(12(6-21-17)9-4-22-23-5-9)3-15(24-16)13-7-20-14-8-19-2-1-10(13)14;3-2(4,5)1(6)7/h1-8,20H,(H2,18,21)(H,22,23);(H,6,7). The van der Waals surface area contributed by atoms with Crippen molar-refractivity contribution in [2.75, 3.05) is 5.73 Å². The van der Waals surface area contributed by atoms with Crippen LogP contribution >= 0.6 is 0 Å². The van der Waals surface area contributed by atoms with Crippen LogP contribution in [0.5, 0.6) is 0 Å². The fraction of sp³-hybridized carbons (Fsp3) is 0.0526. The fourth-order valence-electron chi connectivity index (χ4n) is 2.98. The van der Waals surface area contributed by atoms with Crippen LogP contribution in [-0.4, -0.2) is 42.4 Å². The summed E-state index contributed by atoms with van der Waals surface area (Å²) in [6.07, 6.45) is 5.67. The van der Waals surface area contributed by atoms with Crippen molar-refractivity contribution in [3.05, 3.63) is 49.3 Å². The van der Waals surface area contributed by atoms with Crippen molar-refractivity contribution < 1.29 is 27.5 Å². The van der Waals surface area contributed by atoms with E-state index in [1.807, 2.05) is 24.5 Å². The van der Waals surface area contributed by atoms with Gasteiger partial charge in [-0.25, -0.2) is 9.78 Å². The van der Waals surface area contributed by atoms with E-state index in [1.54, 1.807) is 24.8 Å². The van der Waals surface area contributed by atoms with Crippen molar-refractivity contribution >= 4 is 33.7 Å². The number of anilines is 1. The van der Waals surface area contributed by atoms with Crippen LogP contribution in [0.1, 0.15) is 0 Å². The molecule has 0 bridgehead atoms. The van der Waals surface area contributed by atoms with Crippen LogP contribution in [0, 0.1) is 0 Å². The van der Waals surface area contributed by atoms with Gasteiger partial charge in [-0.2, -0.15) is 18.3 Å². The quantitative estimate of drug-likeness (QED) is 0.331. The van der Waals surface area contributed by atoms with Crippen molar-refractivity contribution in [3.63, 3.8) is 0 Å². The molecule has 0 saturated carbocycles. The number of aromatic nitrogens is 5. The molecule has 5 heterocycles. The molecule has 31 heavy (non-hydrogen) atoms. The lowest BCUT2D eigenvalue weighted by atomic mass is 10.1. The average molecular weight is 430 g/mol. The summed E-state index contributed by atoms with van der Waals surface area (Å²) >= 11 is 0. The molecule has 12 heteroatoms. The van der Waals surface area contributed by atoms with Crippen LogP contribution in [0.3, 0.4) is 0 Å². The largest absolute Gasteiger partial charge is 0.490 e. The second-order valence-corrected chi connectivity index (χ2v) is 6.32. The third-order valence-corrected chi connectivity index (χ3v) is 4.39. The molecular formula is C19H13F3N6O3. The average Bonchev–Trinajstić information content (AvgIpc) is 3.47. The van der Waals surface area contributed by atoms with E-state index in [0.717, 1.165) is 38.7 Å². The van der Waals surface area contributed by atoms with Gasteiger partial charge in [-0.3, -0.25) is 10.1 Å². The summed E-state index contributed by atoms with van der Waals surface area (Å²) in [6, 6.07) is 3.94. The molecule has 0 atom stereocenters. The lowest BCUT2D eigenvalue weighted by Crippen LogP contribution is -2.21. The summed E-state index contributed by atoms with van der Waals surface area (Å²) in [5, 5.41) is 15.9. The second-order valence-electron chi connectivity index (χ2n) is 6.32. The Labute approximate surface area is 170 Å². The topological polar surface area (TPSA) is 147 Å². The molecule has 0 spiro atoms. The summed E-state index contributed by atoms with van der Waals surface area (Å²) in [7, 11) is 0. The highest BCUT2D eigenvalue weighted by Crippen LogP contribution is 2.38. The first-order valence-corrected chi connectivity index (χ1v) is 8.64. The van der Waals surface area contributed by atoms with Gasteiger partial charge >= 0.3 is 12.1 Å². The zero-order valence-corrected chi connectivity index (χ0v) is 15.4. The lowest BCUT2D eigenvalue weighted by Gasteiger charge is -2.00. The summed E-state index contributed by atoms with van der Waals surface area (Å²) < 4.78 is 37.8. The molecule has 0 aliphatic heterocycles. The van der Waals surface area contributed by atoms with Gasteiger partial charge < -0.3 is 20.2 Å². The fourth-order valence-corrected chi connectivity index (χ4v) is 2.98. The highest BCUT2D eigenvalue weighted by molar-refractivity contribution is 6.02. The van der Waals surface area contributed by atoms with Gasteiger partial charge in [-0.1, -0.05) is 0 Å². The van der Waals surface area contributed by atoms with Crippen LogP contribution in [0.2, 0.25) is 0 Å². The monoisotopic (exact) mass is 430 g/mol. The van der Waals surface area contributed by atoms with Crippen LogP contribution in [0.4, 0.5) is 19.0 Å². The predicted molar refractivity (Wildman–Crippen MR) is 105 cm³/mol. The number of carboxylic acids is 1. The number of carbonyl (C=O) groups is 1. The number of nitrogen functional groups attached to an aromatic ring is 1. The Bertz CT molecular complexity index is 1370. The number of aromatic amines is 2. The zero-order chi connectivity index (χ0) is 22.2. The van der Waals surface area contributed by atoms with E-state index >= 15 is 0 Å². The number of alkyl halides is 3. The van der Waals surface area contributed by atoms with Gasteiger partial charge in [-0.05, 0) is 12.1 Å². The number of hydrogen-bond donors (Lipinski definition) is 4. The van der Waals surface area contributed by atoms with Crippen LogP contribution < -0.4 is 5.73 Å². The number of fused-ring (bicyclic) bond motifs is 2. The summed E-state index contributed by atoms with van der Waals surface area (Å²) in [5.74, 6) is -1.66. The molecule has 9 nitrogen and oxygen atoms in total. The molecule has 5 aromatic heterocycles. The number of rotatable bonds is 2. The smallest absolute Gasteiger partial charge is 0.475 e. The minimum Gasteiger partial charge on any atom is -0.475 e. The van der Waals surface area contributed by atoms with E-state index < -0.39 is 12.1 Å². The number of pyridine rings is 2. The van der Waals surface area contributed by atoms with Crippen LogP contribution in [0.15, 0.2) is 53.7 Å². The molecule has 0 aliphatic carbocycles. The Hall–Kier alpha value is -4.35. The highest BCUT2D eigenvalue weighted by atomic mass is 19.4. The van der Waals surface area contributed by atoms with Gasteiger partial charge in [0.1, 0.15) is 5.76 Å². The number of aliphatic carboxylic acids is 1. The van der Waals surface area contributed by atoms with E-state index in [4.69, 9.17) is 20.1 Å². The first-order chi connectivity index (χ1) is 14.8. The van der Waals surface area contributed by atoms with Crippen molar-refractivity contribution in [1.82, 2.24) is 25.1 Å². The molecule has 0 saturated heterocycles. The maximum Gasteiger partial charge on any atom is 0.490 e. The molecule has 0 aromatic carbocycles. The Morgan fingerprint density at radius 2 is 1.90 bits per heavy atom. The first kappa shape index (κ1) is 19.9. The van der Waals surface area contributed by atoms with Gasteiger partial charge in [0.2, 0.25) is 0 Å². The van der Waals surface area contributed by atoms with E-state index in [2.05, 4.69) is 25.1 Å². The number of hydrogen-bond acceptors (Lipinski definition) is 6. The number of nitrogens with one attached hydrogen (secondary N) is 2. The molecule has 158 valence electrons. The van der Waals surface area contributed by atoms with Crippen molar-refractivity contribution in [2.45, 2.75) is 6.18 Å². The second kappa shape index (κ2) is 7.48. The highest BCUT2D eigenvalue weighted by Gasteiger charge is 2.38. The van der Waals surface area contributed by atoms with Gasteiger partial charge in [0.25, 0.3) is 0 Å². The molecule has 0 radical (unpaired) electrons. The lowest BCUT2D eigenvalue weighted by molar-refractivity contribution is -0.192. The van der Waals surface area contributed by atoms with E-state index in [9.17, 15) is 13.2 Å². The molecule has 5 rings (SSSR count). The summed E-state index contributed by atoms with van der Waals surface area (Å²) in [5.41, 5.74) is 10.4. The van der Waals surface area contributed by atoms with Gasteiger partial charge in [0.15, 0.2) is 11.4 Å². The van der Waals surface area contributed by atoms with Crippen LogP contribution in [0.25, 0.3) is 44.3 Å². The Morgan fingerprint density at radius 1 is 1.13 bits per heavy atom. The molecule has 0 fully saturated rings. The number of H-pyrrole nitrogens is 2. The third-order valence-electron chi connectivity index (χ3n) is 4.39. The third kappa shape index (κ3) is 3.77. The Kier molecular flexibility index (Phi) is 4.81. The summed E-state index contributed by atoms with van der Waals surface area (Å²) in [4.78, 5) is 20.5. The van der Waals surface area contributed by atoms with Gasteiger partial charge in [0, 0.05) is 52.3 Å². The normalized spacial score (nSPS) is 11.5.